The SMILES string of the molecule is CC(C)C[C@@H](NC(=O)/C=C/c1cccs1)c1ccccc1. The van der Waals surface area contributed by atoms with E-state index >= 15 is 0 Å². The van der Waals surface area contributed by atoms with Crippen molar-refractivity contribution in [1.82, 2.24) is 5.32 Å². The lowest BCUT2D eigenvalue weighted by atomic mass is 9.97. The van der Waals surface area contributed by atoms with Gasteiger partial charge in [0.05, 0.1) is 6.04 Å². The molecule has 2 aromatic rings. The van der Waals surface area contributed by atoms with E-state index in [1.165, 1.54) is 0 Å². The van der Waals surface area contributed by atoms with E-state index in [2.05, 4.69) is 31.3 Å². The van der Waals surface area contributed by atoms with E-state index in [4.69, 9.17) is 0 Å². The lowest BCUT2D eigenvalue weighted by molar-refractivity contribution is -0.117. The number of hydrogen-bond acceptors (Lipinski definition) is 2. The van der Waals surface area contributed by atoms with E-state index in [1.807, 2.05) is 41.8 Å². The molecule has 1 amide bonds. The van der Waals surface area contributed by atoms with Crippen molar-refractivity contribution in [3.63, 3.8) is 0 Å². The molecule has 2 rings (SSSR count). The van der Waals surface area contributed by atoms with Crippen LogP contribution >= 0.6 is 11.3 Å². The molecule has 0 radical (unpaired) electrons. The Bertz CT molecular complexity index is 573. The van der Waals surface area contributed by atoms with Gasteiger partial charge in [-0.25, -0.2) is 0 Å². The maximum Gasteiger partial charge on any atom is 0.244 e. The molecule has 0 fully saturated rings. The quantitative estimate of drug-likeness (QED) is 0.772. The number of rotatable bonds is 6. The van der Waals surface area contributed by atoms with Crippen LogP contribution in [0.25, 0.3) is 6.08 Å². The van der Waals surface area contributed by atoms with Crippen molar-refractivity contribution in [2.24, 2.45) is 5.92 Å². The summed E-state index contributed by atoms with van der Waals surface area (Å²) in [6, 6.07) is 14.2. The van der Waals surface area contributed by atoms with Crippen LogP contribution in [0.15, 0.2) is 53.9 Å². The minimum absolute atomic E-state index is 0.0436. The summed E-state index contributed by atoms with van der Waals surface area (Å²) < 4.78 is 0. The zero-order chi connectivity index (χ0) is 15.1. The zero-order valence-corrected chi connectivity index (χ0v) is 13.3. The Morgan fingerprint density at radius 2 is 1.95 bits per heavy atom. The van der Waals surface area contributed by atoms with Crippen LogP contribution in [0.1, 0.15) is 36.8 Å². The second-order valence-electron chi connectivity index (χ2n) is 5.45. The predicted octanol–water partition coefficient (Wildman–Crippen LogP) is 4.66. The first-order valence-electron chi connectivity index (χ1n) is 7.22. The molecule has 1 aromatic heterocycles. The van der Waals surface area contributed by atoms with Gasteiger partial charge in [0.15, 0.2) is 0 Å². The van der Waals surface area contributed by atoms with Crippen molar-refractivity contribution in [2.75, 3.05) is 0 Å². The van der Waals surface area contributed by atoms with Crippen LogP contribution in [0, 0.1) is 5.92 Å². The Morgan fingerprint density at radius 1 is 1.19 bits per heavy atom. The van der Waals surface area contributed by atoms with Gasteiger partial charge in [0.25, 0.3) is 0 Å². The van der Waals surface area contributed by atoms with E-state index in [0.29, 0.717) is 5.92 Å². The number of thiophene rings is 1. The summed E-state index contributed by atoms with van der Waals surface area (Å²) in [5.41, 5.74) is 1.16. The van der Waals surface area contributed by atoms with Crippen LogP contribution in [0.3, 0.4) is 0 Å². The molecule has 0 spiro atoms. The van der Waals surface area contributed by atoms with E-state index < -0.39 is 0 Å². The first-order valence-corrected chi connectivity index (χ1v) is 8.10. The van der Waals surface area contributed by atoms with Crippen molar-refractivity contribution >= 4 is 23.3 Å². The highest BCUT2D eigenvalue weighted by atomic mass is 32.1. The normalized spacial score (nSPS) is 12.7. The van der Waals surface area contributed by atoms with Gasteiger partial charge in [0.2, 0.25) is 5.91 Å². The molecule has 1 atom stereocenters. The van der Waals surface area contributed by atoms with Crippen molar-refractivity contribution < 1.29 is 4.79 Å². The van der Waals surface area contributed by atoms with Gasteiger partial charge in [0, 0.05) is 11.0 Å². The predicted molar refractivity (Wildman–Crippen MR) is 90.1 cm³/mol. The molecule has 2 nitrogen and oxygen atoms in total. The molecule has 0 unspecified atom stereocenters. The maximum absolute atomic E-state index is 12.1. The monoisotopic (exact) mass is 299 g/mol. The average Bonchev–Trinajstić information content (AvgIpc) is 2.98. The second kappa shape index (κ2) is 7.79. The van der Waals surface area contributed by atoms with Crippen LogP contribution in [0.2, 0.25) is 0 Å². The Kier molecular flexibility index (Phi) is 5.76. The molecule has 1 N–H and O–H groups in total. The van der Waals surface area contributed by atoms with E-state index in [9.17, 15) is 4.79 Å². The van der Waals surface area contributed by atoms with Gasteiger partial charge in [-0.2, -0.15) is 0 Å². The summed E-state index contributed by atoms with van der Waals surface area (Å²) in [5, 5.41) is 5.11. The summed E-state index contributed by atoms with van der Waals surface area (Å²) in [7, 11) is 0. The number of hydrogen-bond donors (Lipinski definition) is 1. The van der Waals surface area contributed by atoms with Crippen LogP contribution < -0.4 is 5.32 Å². The van der Waals surface area contributed by atoms with Gasteiger partial charge in [-0.15, -0.1) is 11.3 Å². The average molecular weight is 299 g/mol. The zero-order valence-electron chi connectivity index (χ0n) is 12.5. The third-order valence-electron chi connectivity index (χ3n) is 3.17. The van der Waals surface area contributed by atoms with Crippen molar-refractivity contribution in [3.05, 3.63) is 64.4 Å². The molecule has 0 aliphatic carbocycles. The van der Waals surface area contributed by atoms with Crippen LogP contribution in [0.5, 0.6) is 0 Å². The molecule has 0 saturated carbocycles. The highest BCUT2D eigenvalue weighted by Crippen LogP contribution is 2.21. The molecule has 0 aliphatic heterocycles. The Labute approximate surface area is 130 Å². The largest absolute Gasteiger partial charge is 0.346 e. The number of nitrogens with one attached hydrogen (secondary N) is 1. The number of carbonyl (C=O) groups excluding carboxylic acids is 1. The number of amides is 1. The highest BCUT2D eigenvalue weighted by molar-refractivity contribution is 7.10. The third-order valence-corrected chi connectivity index (χ3v) is 4.01. The van der Waals surface area contributed by atoms with Crippen molar-refractivity contribution in [2.45, 2.75) is 26.3 Å². The molecule has 0 bridgehead atoms. The Balaban J connectivity index is 2.03. The van der Waals surface area contributed by atoms with Gasteiger partial charge in [0.1, 0.15) is 0 Å². The summed E-state index contributed by atoms with van der Waals surface area (Å²) in [4.78, 5) is 13.2. The van der Waals surface area contributed by atoms with Crippen LogP contribution in [0.4, 0.5) is 0 Å². The van der Waals surface area contributed by atoms with E-state index in [1.54, 1.807) is 17.4 Å². The molecule has 3 heteroatoms. The lowest BCUT2D eigenvalue weighted by Gasteiger charge is -2.20. The fourth-order valence-corrected chi connectivity index (χ4v) is 2.82. The van der Waals surface area contributed by atoms with Crippen molar-refractivity contribution in [1.29, 1.82) is 0 Å². The van der Waals surface area contributed by atoms with Gasteiger partial charge >= 0.3 is 0 Å². The van der Waals surface area contributed by atoms with E-state index in [0.717, 1.165) is 16.9 Å². The van der Waals surface area contributed by atoms with Crippen LogP contribution in [-0.4, -0.2) is 5.91 Å². The second-order valence-corrected chi connectivity index (χ2v) is 6.43. The van der Waals surface area contributed by atoms with Gasteiger partial charge < -0.3 is 5.32 Å². The molecule has 0 aliphatic rings. The molecule has 110 valence electrons. The Hall–Kier alpha value is -1.87. The van der Waals surface area contributed by atoms with Gasteiger partial charge in [-0.3, -0.25) is 4.79 Å². The fraction of sp³-hybridized carbons (Fsp3) is 0.278. The molecular weight excluding hydrogens is 278 g/mol. The van der Waals surface area contributed by atoms with Gasteiger partial charge in [-0.05, 0) is 35.4 Å². The molecule has 1 aromatic carbocycles. The molecule has 1 heterocycles. The maximum atomic E-state index is 12.1. The van der Waals surface area contributed by atoms with E-state index in [-0.39, 0.29) is 11.9 Å². The standard InChI is InChI=1S/C18H21NOS/c1-14(2)13-17(15-7-4-3-5-8-15)19-18(20)11-10-16-9-6-12-21-16/h3-12,14,17H,13H2,1-2H3,(H,19,20)/b11-10+/t17-/m1/s1. The summed E-state index contributed by atoms with van der Waals surface area (Å²) in [5.74, 6) is 0.481. The minimum atomic E-state index is -0.0436. The Morgan fingerprint density at radius 3 is 2.57 bits per heavy atom. The van der Waals surface area contributed by atoms with Crippen LogP contribution in [-0.2, 0) is 4.79 Å². The lowest BCUT2D eigenvalue weighted by Crippen LogP contribution is -2.27. The third kappa shape index (κ3) is 5.20. The molecule has 21 heavy (non-hydrogen) atoms. The fourth-order valence-electron chi connectivity index (χ4n) is 2.20. The number of carbonyl (C=O) groups is 1. The summed E-state index contributed by atoms with van der Waals surface area (Å²) >= 11 is 1.62. The molecular formula is C18H21NOS. The summed E-state index contributed by atoms with van der Waals surface area (Å²) in [6.07, 6.45) is 4.40. The minimum Gasteiger partial charge on any atom is -0.346 e. The first kappa shape index (κ1) is 15.5. The van der Waals surface area contributed by atoms with Gasteiger partial charge in [-0.1, -0.05) is 50.2 Å². The number of benzene rings is 1. The highest BCUT2D eigenvalue weighted by Gasteiger charge is 2.14. The molecule has 0 saturated heterocycles. The summed E-state index contributed by atoms with van der Waals surface area (Å²) in [6.45, 7) is 4.34. The van der Waals surface area contributed by atoms with Crippen molar-refractivity contribution in [3.8, 4) is 0 Å². The topological polar surface area (TPSA) is 29.1 Å². The smallest absolute Gasteiger partial charge is 0.244 e. The first-order chi connectivity index (χ1) is 10.1.